The Bertz CT molecular complexity index is 3250. The van der Waals surface area contributed by atoms with Gasteiger partial charge in [0.05, 0.1) is 59.8 Å². The van der Waals surface area contributed by atoms with Crippen LogP contribution in [0.4, 0.5) is 11.5 Å². The van der Waals surface area contributed by atoms with Crippen LogP contribution in [0, 0.1) is 18.3 Å². The summed E-state index contributed by atoms with van der Waals surface area (Å²) in [5, 5.41) is 24.5. The first kappa shape index (κ1) is 45.1. The fraction of sp³-hybridized carbons (Fsp3) is 0.389. The number of aryl methyl sites for hydroxylation is 1. The molecule has 16 heteroatoms. The van der Waals surface area contributed by atoms with Crippen LogP contribution in [0.2, 0.25) is 0 Å². The maximum absolute atomic E-state index is 14.2. The smallest absolute Gasteiger partial charge is 0.343 e. The van der Waals surface area contributed by atoms with Gasteiger partial charge in [-0.1, -0.05) is 43.8 Å². The molecule has 2 saturated heterocycles. The predicted octanol–water partition coefficient (Wildman–Crippen LogP) is 5.93. The summed E-state index contributed by atoms with van der Waals surface area (Å²) in [5.41, 5.74) is 5.55. The standard InChI is InChI=1S/C54H55N9O7/c1-5-54(67)42-25-46-48-36(26-63(46)51(65)41(42)31-69-52(54)66)23-35-24-39(14-15-43(35)56-48)68-29-33(3)50(64)62-22-21-61(27-37(62)16-18-55)49-40-17-20-60(45-13-7-11-34-10-6-9-32(2)47(34)45)28-44(40)57-53(58-49)70-30-38-12-8-19-59(38)4/h6-7,9-11,13-15,23-25,37-38,67H,3,5,8,12,16-17,19-22,26-31H2,1-2,4H3/t37-,38-,54-/m0/s1. The quantitative estimate of drug-likeness (QED) is 0.119. The zero-order chi connectivity index (χ0) is 48.4. The molecule has 358 valence electrons. The van der Waals surface area contributed by atoms with Gasteiger partial charge >= 0.3 is 12.0 Å². The highest BCUT2D eigenvalue weighted by Crippen LogP contribution is 2.40. The lowest BCUT2D eigenvalue weighted by atomic mass is 9.86. The number of aliphatic hydroxyl groups is 1. The first-order valence-electron chi connectivity index (χ1n) is 24.2. The minimum Gasteiger partial charge on any atom is -0.489 e. The average Bonchev–Trinajstić information content (AvgIpc) is 3.96. The molecular formula is C54H55N9O7. The van der Waals surface area contributed by atoms with E-state index in [1.807, 2.05) is 18.2 Å². The SMILES string of the molecule is C=C(COc1ccc2nc3c(cc2c1)Cn1c-3cc2c(c1=O)COC(=O)[C@]2(O)CC)C(=O)N1CCN(c2nc(OC[C@@H]3CCCN3C)nc3c2CCN(c2cccc4cccc(C)c24)C3)C[C@@H]1CC#N. The van der Waals surface area contributed by atoms with Crippen LogP contribution in [0.25, 0.3) is 33.1 Å². The van der Waals surface area contributed by atoms with E-state index in [1.54, 1.807) is 28.5 Å². The number of carbonyl (C=O) groups excluding carboxylic acids is 2. The number of carbonyl (C=O) groups is 2. The molecule has 1 amide bonds. The molecule has 11 rings (SSSR count). The number of likely N-dealkylation sites (N-methyl/N-ethyl adjacent to an activating group) is 1. The van der Waals surface area contributed by atoms with E-state index in [4.69, 9.17) is 29.2 Å². The second kappa shape index (κ2) is 17.9. The molecule has 3 aromatic carbocycles. The largest absolute Gasteiger partial charge is 0.489 e. The number of pyridine rings is 2. The zero-order valence-corrected chi connectivity index (χ0v) is 39.7. The summed E-state index contributed by atoms with van der Waals surface area (Å²) in [6.07, 6.45) is 3.10. The predicted molar refractivity (Wildman–Crippen MR) is 264 cm³/mol. The highest BCUT2D eigenvalue weighted by atomic mass is 16.6. The number of benzene rings is 3. The highest BCUT2D eigenvalue weighted by molar-refractivity contribution is 5.97. The number of cyclic esters (lactones) is 1. The Balaban J connectivity index is 0.797. The third-order valence-corrected chi connectivity index (χ3v) is 15.1. The van der Waals surface area contributed by atoms with Gasteiger partial charge in [0.25, 0.3) is 11.5 Å². The molecule has 0 bridgehead atoms. The first-order valence-corrected chi connectivity index (χ1v) is 24.2. The lowest BCUT2D eigenvalue weighted by molar-refractivity contribution is -0.172. The minimum atomic E-state index is -1.91. The van der Waals surface area contributed by atoms with E-state index < -0.39 is 17.6 Å². The Hall–Kier alpha value is -7.35. The summed E-state index contributed by atoms with van der Waals surface area (Å²) < 4.78 is 19.4. The van der Waals surface area contributed by atoms with E-state index in [2.05, 4.69) is 77.7 Å². The van der Waals surface area contributed by atoms with Crippen LogP contribution in [0.15, 0.2) is 83.7 Å². The number of esters is 1. The van der Waals surface area contributed by atoms with Crippen LogP contribution in [0.3, 0.4) is 0 Å². The maximum Gasteiger partial charge on any atom is 0.343 e. The number of piperazine rings is 1. The Labute approximate surface area is 405 Å². The van der Waals surface area contributed by atoms with Crippen LogP contribution in [-0.4, -0.2) is 111 Å². The number of likely N-dealkylation sites (tertiary alicyclic amines) is 1. The van der Waals surface area contributed by atoms with Crippen molar-refractivity contribution in [2.24, 2.45) is 0 Å². The highest BCUT2D eigenvalue weighted by Gasteiger charge is 2.45. The molecule has 0 spiro atoms. The van der Waals surface area contributed by atoms with Crippen LogP contribution < -0.4 is 24.8 Å². The Kier molecular flexibility index (Phi) is 11.5. The summed E-state index contributed by atoms with van der Waals surface area (Å²) in [5.74, 6) is 0.266. The van der Waals surface area contributed by atoms with Gasteiger partial charge in [-0.2, -0.15) is 15.2 Å². The summed E-state index contributed by atoms with van der Waals surface area (Å²) in [6, 6.07) is 24.5. The van der Waals surface area contributed by atoms with Crippen molar-refractivity contribution >= 4 is 45.1 Å². The molecule has 0 unspecified atom stereocenters. The summed E-state index contributed by atoms with van der Waals surface area (Å²) >= 11 is 0. The summed E-state index contributed by atoms with van der Waals surface area (Å²) in [7, 11) is 2.13. The van der Waals surface area contributed by atoms with Gasteiger partial charge in [-0.25, -0.2) is 9.78 Å². The molecule has 3 atom stereocenters. The van der Waals surface area contributed by atoms with E-state index in [-0.39, 0.29) is 60.8 Å². The second-order valence-electron chi connectivity index (χ2n) is 19.3. The Morgan fingerprint density at radius 3 is 2.60 bits per heavy atom. The lowest BCUT2D eigenvalue weighted by Gasteiger charge is -2.42. The van der Waals surface area contributed by atoms with Crippen LogP contribution in [-0.2, 0) is 46.0 Å². The molecule has 1 N–H and O–H groups in total. The molecule has 16 nitrogen and oxygen atoms in total. The first-order chi connectivity index (χ1) is 33.9. The number of ether oxygens (including phenoxy) is 3. The van der Waals surface area contributed by atoms with Crippen molar-refractivity contribution in [1.29, 1.82) is 5.26 Å². The van der Waals surface area contributed by atoms with E-state index in [9.17, 15) is 24.8 Å². The average molecular weight is 942 g/mol. The third kappa shape index (κ3) is 7.77. The van der Waals surface area contributed by atoms with Crippen molar-refractivity contribution in [3.63, 3.8) is 0 Å². The Morgan fingerprint density at radius 1 is 0.957 bits per heavy atom. The van der Waals surface area contributed by atoms with Gasteiger partial charge in [0.2, 0.25) is 0 Å². The van der Waals surface area contributed by atoms with Gasteiger partial charge in [0, 0.05) is 70.9 Å². The van der Waals surface area contributed by atoms with Gasteiger partial charge in [0.15, 0.2) is 5.60 Å². The molecule has 2 fully saturated rings. The van der Waals surface area contributed by atoms with E-state index in [0.29, 0.717) is 67.5 Å². The van der Waals surface area contributed by atoms with E-state index in [1.165, 1.54) is 22.0 Å². The number of nitrogens with zero attached hydrogens (tertiary/aromatic N) is 9. The van der Waals surface area contributed by atoms with Crippen molar-refractivity contribution in [2.75, 3.05) is 62.8 Å². The van der Waals surface area contributed by atoms with Crippen LogP contribution >= 0.6 is 0 Å². The fourth-order valence-electron chi connectivity index (χ4n) is 11.1. The monoisotopic (exact) mass is 941 g/mol. The fourth-order valence-corrected chi connectivity index (χ4v) is 11.1. The minimum absolute atomic E-state index is 0.0619. The van der Waals surface area contributed by atoms with Gasteiger partial charge < -0.3 is 43.5 Å². The number of anilines is 2. The number of fused-ring (bicyclic) bond motifs is 7. The zero-order valence-electron chi connectivity index (χ0n) is 39.7. The van der Waals surface area contributed by atoms with Crippen molar-refractivity contribution in [3.05, 3.63) is 123 Å². The molecule has 70 heavy (non-hydrogen) atoms. The molecule has 6 aromatic rings. The number of aromatic nitrogens is 4. The number of hydrogen-bond acceptors (Lipinski definition) is 14. The molecule has 0 saturated carbocycles. The molecular weight excluding hydrogens is 887 g/mol. The topological polar surface area (TPSA) is 179 Å². The Morgan fingerprint density at radius 2 is 1.80 bits per heavy atom. The number of amides is 1. The lowest BCUT2D eigenvalue weighted by Crippen LogP contribution is -2.56. The number of hydrogen-bond donors (Lipinski definition) is 1. The third-order valence-electron chi connectivity index (χ3n) is 15.1. The number of rotatable bonds is 11. The van der Waals surface area contributed by atoms with Gasteiger partial charge in [0.1, 0.15) is 31.4 Å². The van der Waals surface area contributed by atoms with Crippen molar-refractivity contribution < 1.29 is 28.9 Å². The normalized spacial score (nSPS) is 20.7. The molecule has 0 aliphatic carbocycles. The van der Waals surface area contributed by atoms with Crippen LogP contribution in [0.1, 0.15) is 66.1 Å². The summed E-state index contributed by atoms with van der Waals surface area (Å²) in [6.45, 7) is 12.1. The number of nitriles is 1. The molecule has 5 aliphatic rings. The van der Waals surface area contributed by atoms with Crippen molar-refractivity contribution in [2.45, 2.75) is 83.3 Å². The van der Waals surface area contributed by atoms with E-state index >= 15 is 0 Å². The van der Waals surface area contributed by atoms with Gasteiger partial charge in [-0.15, -0.1) is 0 Å². The molecule has 8 heterocycles. The molecule has 3 aromatic heterocycles. The molecule has 0 radical (unpaired) electrons. The van der Waals surface area contributed by atoms with Gasteiger partial charge in [-0.3, -0.25) is 9.59 Å². The maximum atomic E-state index is 14.2. The van der Waals surface area contributed by atoms with Crippen molar-refractivity contribution in [1.82, 2.24) is 29.3 Å². The molecule has 5 aliphatic heterocycles. The van der Waals surface area contributed by atoms with Gasteiger partial charge in [-0.05, 0) is 93.5 Å². The summed E-state index contributed by atoms with van der Waals surface area (Å²) in [4.78, 5) is 64.2. The van der Waals surface area contributed by atoms with E-state index in [0.717, 1.165) is 60.4 Å². The van der Waals surface area contributed by atoms with Crippen LogP contribution in [0.5, 0.6) is 11.8 Å². The second-order valence-corrected chi connectivity index (χ2v) is 19.3. The van der Waals surface area contributed by atoms with Crippen molar-refractivity contribution in [3.8, 4) is 29.2 Å².